The summed E-state index contributed by atoms with van der Waals surface area (Å²) in [5.41, 5.74) is 0. The van der Waals surface area contributed by atoms with Gasteiger partial charge < -0.3 is 5.11 Å². The van der Waals surface area contributed by atoms with Crippen LogP contribution in [0.4, 0.5) is 0 Å². The first-order chi connectivity index (χ1) is 4.55. The highest BCUT2D eigenvalue weighted by Crippen LogP contribution is 2.24. The molecule has 0 heterocycles. The maximum Gasteiger partial charge on any atom is 0.224 e. The number of halogens is 2. The lowest BCUT2D eigenvalue weighted by molar-refractivity contribution is -0.121. The molecule has 0 aromatic rings. The fraction of sp³-hybridized carbons (Fsp3) is 0.200. The number of ketones is 2. The summed E-state index contributed by atoms with van der Waals surface area (Å²) >= 11 is 10.4. The van der Waals surface area contributed by atoms with Crippen molar-refractivity contribution in [2.24, 2.45) is 0 Å². The van der Waals surface area contributed by atoms with E-state index in [1.807, 2.05) is 0 Å². The summed E-state index contributed by atoms with van der Waals surface area (Å²) in [6, 6.07) is 0. The Kier molecular flexibility index (Phi) is 1.70. The van der Waals surface area contributed by atoms with Gasteiger partial charge in [0.2, 0.25) is 11.6 Å². The molecule has 10 heavy (non-hydrogen) atoms. The van der Waals surface area contributed by atoms with Gasteiger partial charge in [-0.2, -0.15) is 0 Å². The van der Waals surface area contributed by atoms with Crippen LogP contribution in [0.5, 0.6) is 0 Å². The van der Waals surface area contributed by atoms with Crippen LogP contribution in [0.2, 0.25) is 0 Å². The lowest BCUT2D eigenvalue weighted by atomic mass is 10.3. The summed E-state index contributed by atoms with van der Waals surface area (Å²) in [5.74, 6) is -2.28. The van der Waals surface area contributed by atoms with Crippen LogP contribution < -0.4 is 0 Å². The number of alkyl halides is 1. The smallest absolute Gasteiger partial charge is 0.224 e. The normalized spacial score (nSPS) is 26.4. The summed E-state index contributed by atoms with van der Waals surface area (Å²) in [5, 5.41) is 6.91. The minimum absolute atomic E-state index is 0.468. The molecule has 0 bridgehead atoms. The van der Waals surface area contributed by atoms with Crippen LogP contribution in [-0.4, -0.2) is 22.1 Å². The Balaban J connectivity index is 3.11. The van der Waals surface area contributed by atoms with E-state index >= 15 is 0 Å². The average Bonchev–Trinajstić information content (AvgIpc) is 2.07. The van der Waals surface area contributed by atoms with Crippen LogP contribution >= 0.6 is 23.2 Å². The lowest BCUT2D eigenvalue weighted by Gasteiger charge is -1.90. The van der Waals surface area contributed by atoms with Crippen molar-refractivity contribution in [1.29, 1.82) is 0 Å². The van der Waals surface area contributed by atoms with Gasteiger partial charge in [-0.05, 0) is 0 Å². The average molecular weight is 181 g/mol. The molecule has 5 heteroatoms. The van der Waals surface area contributed by atoms with Crippen LogP contribution in [0.3, 0.4) is 0 Å². The first-order valence-corrected chi connectivity index (χ1v) is 3.18. The Bertz CT molecular complexity index is 219. The number of Topliss-reactive ketones (excluding diaryl/α,β-unsaturated/α-hetero) is 2. The molecule has 1 atom stereocenters. The molecule has 0 spiro atoms. The van der Waals surface area contributed by atoms with E-state index in [1.165, 1.54) is 0 Å². The van der Waals surface area contributed by atoms with Gasteiger partial charge in [-0.1, -0.05) is 11.6 Å². The number of allylic oxidation sites excluding steroid dienone is 2. The maximum absolute atomic E-state index is 10.6. The third kappa shape index (κ3) is 0.822. The van der Waals surface area contributed by atoms with Crippen LogP contribution in [0.15, 0.2) is 10.8 Å². The Morgan fingerprint density at radius 2 is 1.80 bits per heavy atom. The highest BCUT2D eigenvalue weighted by atomic mass is 35.5. The molecule has 1 aliphatic carbocycles. The predicted octanol–water partition coefficient (Wildman–Crippen LogP) is 0.754. The molecule has 0 saturated heterocycles. The number of hydrogen-bond donors (Lipinski definition) is 1. The quantitative estimate of drug-likeness (QED) is 0.443. The van der Waals surface area contributed by atoms with Crippen molar-refractivity contribution >= 4 is 34.8 Å². The summed E-state index contributed by atoms with van der Waals surface area (Å²) in [6.07, 6.45) is 0. The fourth-order valence-electron chi connectivity index (χ4n) is 0.575. The van der Waals surface area contributed by atoms with Crippen molar-refractivity contribution in [3.63, 3.8) is 0 Å². The van der Waals surface area contributed by atoms with Gasteiger partial charge >= 0.3 is 0 Å². The van der Waals surface area contributed by atoms with E-state index in [-0.39, 0.29) is 0 Å². The van der Waals surface area contributed by atoms with Crippen molar-refractivity contribution in [2.75, 3.05) is 0 Å². The number of carbonyl (C=O) groups excluding carboxylic acids is 2. The number of hydrogen-bond acceptors (Lipinski definition) is 3. The third-order valence-electron chi connectivity index (χ3n) is 1.12. The summed E-state index contributed by atoms with van der Waals surface area (Å²) in [4.78, 5) is 21.2. The zero-order valence-electron chi connectivity index (χ0n) is 4.60. The van der Waals surface area contributed by atoms with E-state index in [1.54, 1.807) is 0 Å². The van der Waals surface area contributed by atoms with Crippen molar-refractivity contribution < 1.29 is 14.7 Å². The molecule has 1 rings (SSSR count). The molecule has 0 saturated carbocycles. The second-order valence-corrected chi connectivity index (χ2v) is 2.57. The minimum Gasteiger partial charge on any atom is -0.503 e. The van der Waals surface area contributed by atoms with Gasteiger partial charge in [-0.3, -0.25) is 9.59 Å². The van der Waals surface area contributed by atoms with Crippen molar-refractivity contribution in [1.82, 2.24) is 0 Å². The molecule has 0 aromatic heterocycles. The SMILES string of the molecule is O=C1C(O)=C(Cl)C(=O)C1Cl. The Morgan fingerprint density at radius 1 is 1.30 bits per heavy atom. The molecule has 0 aliphatic heterocycles. The molecule has 0 radical (unpaired) electrons. The molecule has 3 nitrogen and oxygen atoms in total. The lowest BCUT2D eigenvalue weighted by Crippen LogP contribution is -2.16. The maximum atomic E-state index is 10.6. The van der Waals surface area contributed by atoms with Gasteiger partial charge in [0.05, 0.1) is 0 Å². The van der Waals surface area contributed by atoms with Gasteiger partial charge in [0, 0.05) is 0 Å². The number of rotatable bonds is 0. The van der Waals surface area contributed by atoms with E-state index < -0.39 is 27.7 Å². The number of aliphatic hydroxyl groups is 1. The summed E-state index contributed by atoms with van der Waals surface area (Å²) in [6.45, 7) is 0. The molecule has 0 amide bonds. The molecular formula is C5H2Cl2O3. The summed E-state index contributed by atoms with van der Waals surface area (Å²) < 4.78 is 0. The Labute approximate surface area is 66.2 Å². The van der Waals surface area contributed by atoms with Crippen molar-refractivity contribution in [2.45, 2.75) is 5.38 Å². The molecule has 0 aromatic carbocycles. The Morgan fingerprint density at radius 3 is 1.90 bits per heavy atom. The van der Waals surface area contributed by atoms with Crippen LogP contribution in [-0.2, 0) is 9.59 Å². The molecule has 1 aliphatic rings. The molecule has 54 valence electrons. The van der Waals surface area contributed by atoms with Gasteiger partial charge in [0.25, 0.3) is 0 Å². The largest absolute Gasteiger partial charge is 0.503 e. The van der Waals surface area contributed by atoms with Crippen LogP contribution in [0.1, 0.15) is 0 Å². The van der Waals surface area contributed by atoms with E-state index in [0.717, 1.165) is 0 Å². The number of aliphatic hydroxyl groups excluding tert-OH is 1. The monoisotopic (exact) mass is 180 g/mol. The minimum atomic E-state index is -1.33. The molecule has 0 fully saturated rings. The zero-order valence-corrected chi connectivity index (χ0v) is 6.11. The second-order valence-electron chi connectivity index (χ2n) is 1.75. The van der Waals surface area contributed by atoms with E-state index in [9.17, 15) is 9.59 Å². The molecular weight excluding hydrogens is 179 g/mol. The number of carbonyl (C=O) groups is 2. The van der Waals surface area contributed by atoms with E-state index in [4.69, 9.17) is 28.3 Å². The fourth-order valence-corrected chi connectivity index (χ4v) is 1.05. The van der Waals surface area contributed by atoms with Crippen LogP contribution in [0, 0.1) is 0 Å². The topological polar surface area (TPSA) is 54.4 Å². The van der Waals surface area contributed by atoms with Crippen molar-refractivity contribution in [3.05, 3.63) is 10.8 Å². The molecule has 1 unspecified atom stereocenters. The van der Waals surface area contributed by atoms with E-state index in [0.29, 0.717) is 0 Å². The predicted molar refractivity (Wildman–Crippen MR) is 35.2 cm³/mol. The van der Waals surface area contributed by atoms with Gasteiger partial charge in [0.15, 0.2) is 11.1 Å². The highest BCUT2D eigenvalue weighted by Gasteiger charge is 2.39. The Hall–Kier alpha value is -0.540. The van der Waals surface area contributed by atoms with Crippen molar-refractivity contribution in [3.8, 4) is 0 Å². The van der Waals surface area contributed by atoms with Gasteiger partial charge in [-0.25, -0.2) is 0 Å². The second kappa shape index (κ2) is 2.25. The van der Waals surface area contributed by atoms with Gasteiger partial charge in [-0.15, -0.1) is 11.6 Å². The molecule has 1 N–H and O–H groups in total. The zero-order chi connectivity index (χ0) is 7.89. The van der Waals surface area contributed by atoms with Crippen LogP contribution in [0.25, 0.3) is 0 Å². The highest BCUT2D eigenvalue weighted by molar-refractivity contribution is 6.59. The van der Waals surface area contributed by atoms with Gasteiger partial charge in [0.1, 0.15) is 5.03 Å². The van der Waals surface area contributed by atoms with E-state index in [2.05, 4.69) is 0 Å². The summed E-state index contributed by atoms with van der Waals surface area (Å²) in [7, 11) is 0. The third-order valence-corrected chi connectivity index (χ3v) is 1.88. The first-order valence-electron chi connectivity index (χ1n) is 2.37. The first kappa shape index (κ1) is 7.57. The standard InChI is InChI=1S/C5H2Cl2O3/c6-1-3(8)2(7)5(10)4(1)9/h1,10H.